The zero-order valence-electron chi connectivity index (χ0n) is 14.0. The Labute approximate surface area is 158 Å². The molecule has 3 aromatic rings. The highest BCUT2D eigenvalue weighted by Gasteiger charge is 2.30. The first-order valence-corrected chi connectivity index (χ1v) is 8.98. The van der Waals surface area contributed by atoms with E-state index < -0.39 is 6.04 Å². The molecule has 0 aliphatic carbocycles. The number of amides is 2. The van der Waals surface area contributed by atoms with Crippen molar-refractivity contribution in [2.24, 2.45) is 0 Å². The number of carbonyl (C=O) groups excluding carboxylic acids is 2. The molecule has 4 rings (SSSR count). The maximum Gasteiger partial charge on any atom is 0.270 e. The van der Waals surface area contributed by atoms with E-state index in [0.29, 0.717) is 13.0 Å². The summed E-state index contributed by atoms with van der Waals surface area (Å²) in [6.07, 6.45) is 3.79. The van der Waals surface area contributed by atoms with Gasteiger partial charge in [0.05, 0.1) is 6.20 Å². The average Bonchev–Trinajstić information content (AvgIpc) is 3.08. The van der Waals surface area contributed by atoms with Crippen LogP contribution in [0.5, 0.6) is 0 Å². The molecule has 0 bridgehead atoms. The monoisotopic (exact) mass is 413 g/mol. The molecule has 1 aliphatic heterocycles. The minimum absolute atomic E-state index is 0.167. The fraction of sp³-hybridized carbons (Fsp3) is 0.222. The van der Waals surface area contributed by atoms with Crippen molar-refractivity contribution in [2.45, 2.75) is 19.0 Å². The molecule has 1 aromatic carbocycles. The highest BCUT2D eigenvalue weighted by Crippen LogP contribution is 2.24. The molecule has 2 amide bonds. The number of aryl methyl sites for hydroxylation is 1. The number of benzene rings is 1. The van der Waals surface area contributed by atoms with Crippen molar-refractivity contribution in [1.82, 2.24) is 20.1 Å². The van der Waals surface area contributed by atoms with Gasteiger partial charge in [-0.15, -0.1) is 0 Å². The van der Waals surface area contributed by atoms with Gasteiger partial charge in [0, 0.05) is 35.7 Å². The van der Waals surface area contributed by atoms with Crippen LogP contribution in [0.2, 0.25) is 0 Å². The van der Waals surface area contributed by atoms with Crippen molar-refractivity contribution < 1.29 is 9.59 Å². The highest BCUT2D eigenvalue weighted by atomic mass is 79.9. The summed E-state index contributed by atoms with van der Waals surface area (Å²) in [5.41, 5.74) is 0.279. The van der Waals surface area contributed by atoms with Gasteiger partial charge in [-0.1, -0.05) is 28.1 Å². The Balaban J connectivity index is 1.57. The average molecular weight is 414 g/mol. The van der Waals surface area contributed by atoms with Gasteiger partial charge in [-0.25, -0.2) is 4.68 Å². The topological polar surface area (TPSA) is 80.1 Å². The van der Waals surface area contributed by atoms with E-state index in [1.54, 1.807) is 36.3 Å². The van der Waals surface area contributed by atoms with E-state index in [2.05, 4.69) is 31.3 Å². The van der Waals surface area contributed by atoms with E-state index in [4.69, 9.17) is 0 Å². The van der Waals surface area contributed by atoms with Crippen molar-refractivity contribution >= 4 is 44.3 Å². The number of halogens is 1. The van der Waals surface area contributed by atoms with E-state index in [0.717, 1.165) is 21.1 Å². The van der Waals surface area contributed by atoms with Crippen LogP contribution < -0.4 is 10.2 Å². The summed E-state index contributed by atoms with van der Waals surface area (Å²) in [5.74, 6) is 0.188. The second-order valence-electron chi connectivity index (χ2n) is 6.16. The van der Waals surface area contributed by atoms with Crippen molar-refractivity contribution in [1.29, 1.82) is 0 Å². The quantitative estimate of drug-likeness (QED) is 0.698. The van der Waals surface area contributed by atoms with Crippen molar-refractivity contribution in [3.63, 3.8) is 0 Å². The van der Waals surface area contributed by atoms with Crippen LogP contribution in [-0.2, 0) is 11.3 Å². The fourth-order valence-corrected chi connectivity index (χ4v) is 3.62. The highest BCUT2D eigenvalue weighted by molar-refractivity contribution is 9.10. The number of fused-ring (bicyclic) bond motifs is 2. The molecule has 26 heavy (non-hydrogen) atoms. The molecule has 0 unspecified atom stereocenters. The van der Waals surface area contributed by atoms with Crippen LogP contribution in [0.3, 0.4) is 0 Å². The van der Waals surface area contributed by atoms with Gasteiger partial charge in [-0.2, -0.15) is 5.10 Å². The molecule has 0 saturated carbocycles. The molecule has 1 aliphatic rings. The lowest BCUT2D eigenvalue weighted by Gasteiger charge is -2.20. The largest absolute Gasteiger partial charge is 0.339 e. The van der Waals surface area contributed by atoms with Crippen molar-refractivity contribution in [3.8, 4) is 0 Å². The summed E-state index contributed by atoms with van der Waals surface area (Å²) in [7, 11) is 1.69. The van der Waals surface area contributed by atoms with Crippen LogP contribution in [0, 0.1) is 0 Å². The van der Waals surface area contributed by atoms with Crippen LogP contribution in [0.1, 0.15) is 16.9 Å². The maximum absolute atomic E-state index is 12.7. The van der Waals surface area contributed by atoms with E-state index in [1.165, 1.54) is 4.90 Å². The fourth-order valence-electron chi connectivity index (χ4n) is 3.13. The number of nitrogens with zero attached hydrogens (tertiary/aromatic N) is 4. The Kier molecular flexibility index (Phi) is 4.20. The van der Waals surface area contributed by atoms with Gasteiger partial charge >= 0.3 is 0 Å². The number of hydrogen-bond acceptors (Lipinski definition) is 4. The molecule has 7 nitrogen and oxygen atoms in total. The summed E-state index contributed by atoms with van der Waals surface area (Å²) >= 11 is 3.49. The van der Waals surface area contributed by atoms with Gasteiger partial charge in [0.2, 0.25) is 0 Å². The van der Waals surface area contributed by atoms with Crippen LogP contribution in [-0.4, -0.2) is 39.7 Å². The van der Waals surface area contributed by atoms with E-state index in [9.17, 15) is 9.59 Å². The molecule has 0 saturated heterocycles. The molecule has 0 radical (unpaired) electrons. The Bertz CT molecular complexity index is 1020. The van der Waals surface area contributed by atoms with Crippen molar-refractivity contribution in [2.75, 3.05) is 11.9 Å². The number of pyridine rings is 1. The van der Waals surface area contributed by atoms with Gasteiger partial charge in [-0.05, 0) is 23.9 Å². The molecule has 8 heteroatoms. The van der Waals surface area contributed by atoms with E-state index >= 15 is 0 Å². The number of nitrogens with one attached hydrogen (secondary N) is 1. The minimum Gasteiger partial charge on any atom is -0.339 e. The molecule has 1 N–H and O–H groups in total. The third-order valence-corrected chi connectivity index (χ3v) is 5.24. The van der Waals surface area contributed by atoms with Gasteiger partial charge in [0.1, 0.15) is 17.6 Å². The Hall–Kier alpha value is -2.74. The van der Waals surface area contributed by atoms with Crippen LogP contribution in [0.4, 0.5) is 5.82 Å². The number of anilines is 1. The standard InChI is InChI=1S/C18H16BrN5O2/c1-23-16-5-7-21-24(16)8-6-14(18(23)26)22-17(25)15-9-12-11(10-20-15)3-2-4-13(12)19/h2-5,7,9-10,14H,6,8H2,1H3,(H,22,25)/t14-/m0/s1. The summed E-state index contributed by atoms with van der Waals surface area (Å²) in [4.78, 5) is 31.1. The number of carbonyl (C=O) groups is 2. The zero-order valence-corrected chi connectivity index (χ0v) is 15.6. The first-order chi connectivity index (χ1) is 12.5. The molecule has 132 valence electrons. The van der Waals surface area contributed by atoms with Crippen LogP contribution in [0.25, 0.3) is 10.8 Å². The van der Waals surface area contributed by atoms with E-state index in [-0.39, 0.29) is 17.5 Å². The number of likely N-dealkylation sites (N-methyl/N-ethyl adjacent to an activating group) is 1. The van der Waals surface area contributed by atoms with Crippen LogP contribution in [0.15, 0.2) is 47.2 Å². The lowest BCUT2D eigenvalue weighted by Crippen LogP contribution is -2.46. The second kappa shape index (κ2) is 6.53. The lowest BCUT2D eigenvalue weighted by molar-refractivity contribution is -0.120. The predicted octanol–water partition coefficient (Wildman–Crippen LogP) is 2.36. The molecule has 0 fully saturated rings. The first kappa shape index (κ1) is 16.7. The summed E-state index contributed by atoms with van der Waals surface area (Å²) < 4.78 is 2.65. The Morgan fingerprint density at radius 3 is 3.04 bits per heavy atom. The smallest absolute Gasteiger partial charge is 0.270 e. The Morgan fingerprint density at radius 1 is 1.35 bits per heavy atom. The SMILES string of the molecule is CN1C(=O)[C@@H](NC(=O)c2cc3c(Br)cccc3cn2)CCn2nccc21. The van der Waals surface area contributed by atoms with Gasteiger partial charge in [-0.3, -0.25) is 19.5 Å². The lowest BCUT2D eigenvalue weighted by atomic mass is 10.1. The molecule has 0 spiro atoms. The number of rotatable bonds is 2. The molecule has 2 aromatic heterocycles. The second-order valence-corrected chi connectivity index (χ2v) is 7.01. The number of aromatic nitrogens is 3. The van der Waals surface area contributed by atoms with Gasteiger partial charge in [0.15, 0.2) is 0 Å². The molecule has 1 atom stereocenters. The third-order valence-electron chi connectivity index (χ3n) is 4.54. The summed E-state index contributed by atoms with van der Waals surface area (Å²) in [6, 6.07) is 8.65. The van der Waals surface area contributed by atoms with Gasteiger partial charge in [0.25, 0.3) is 11.8 Å². The summed E-state index contributed by atoms with van der Waals surface area (Å²) in [6.45, 7) is 0.556. The van der Waals surface area contributed by atoms with Crippen LogP contribution >= 0.6 is 15.9 Å². The summed E-state index contributed by atoms with van der Waals surface area (Å²) in [5, 5.41) is 8.86. The predicted molar refractivity (Wildman–Crippen MR) is 101 cm³/mol. The molecule has 3 heterocycles. The maximum atomic E-state index is 12.7. The zero-order chi connectivity index (χ0) is 18.3. The normalized spacial score (nSPS) is 17.1. The minimum atomic E-state index is -0.620. The van der Waals surface area contributed by atoms with Crippen molar-refractivity contribution in [3.05, 3.63) is 52.9 Å². The molecular formula is C18H16BrN5O2. The van der Waals surface area contributed by atoms with E-state index in [1.807, 2.05) is 18.2 Å². The third kappa shape index (κ3) is 2.86. The Morgan fingerprint density at radius 2 is 2.19 bits per heavy atom. The molecular weight excluding hydrogens is 398 g/mol. The van der Waals surface area contributed by atoms with Gasteiger partial charge < -0.3 is 5.32 Å². The number of hydrogen-bond donors (Lipinski definition) is 1. The first-order valence-electron chi connectivity index (χ1n) is 8.19.